The van der Waals surface area contributed by atoms with Crippen LogP contribution in [0.1, 0.15) is 11.1 Å². The molecule has 9 heteroatoms. The molecule has 158 valence electrons. The zero-order valence-electron chi connectivity index (χ0n) is 16.5. The number of aliphatic imine (C=N–C) groups is 1. The van der Waals surface area contributed by atoms with Gasteiger partial charge in [-0.3, -0.25) is 4.79 Å². The highest BCUT2D eigenvalue weighted by atomic mass is 35.5. The molecular formula is C21H21ClN2O4S2. The molecule has 0 aliphatic carbocycles. The molecule has 2 aromatic carbocycles. The summed E-state index contributed by atoms with van der Waals surface area (Å²) in [7, 11) is -1.57. The fraction of sp³-hybridized carbons (Fsp3) is 0.333. The van der Waals surface area contributed by atoms with Crippen LogP contribution in [0, 0.1) is 6.92 Å². The van der Waals surface area contributed by atoms with Gasteiger partial charge in [-0.1, -0.05) is 47.6 Å². The number of anilines is 1. The van der Waals surface area contributed by atoms with Crippen molar-refractivity contribution in [2.24, 2.45) is 4.99 Å². The van der Waals surface area contributed by atoms with Gasteiger partial charge in [-0.15, -0.1) is 0 Å². The van der Waals surface area contributed by atoms with E-state index in [-0.39, 0.29) is 35.1 Å². The number of carbonyl (C=O) groups is 1. The van der Waals surface area contributed by atoms with Crippen LogP contribution in [0.15, 0.2) is 47.5 Å². The third-order valence-electron chi connectivity index (χ3n) is 5.25. The second-order valence-electron chi connectivity index (χ2n) is 7.38. The molecule has 0 unspecified atom stereocenters. The Bertz CT molecular complexity index is 1130. The van der Waals surface area contributed by atoms with Crippen LogP contribution in [0.5, 0.6) is 5.75 Å². The largest absolute Gasteiger partial charge is 0.496 e. The number of amides is 1. The number of thioether (sulfide) groups is 1. The quantitative estimate of drug-likeness (QED) is 0.689. The van der Waals surface area contributed by atoms with E-state index >= 15 is 0 Å². The lowest BCUT2D eigenvalue weighted by molar-refractivity contribution is -0.117. The van der Waals surface area contributed by atoms with Crippen LogP contribution in [-0.4, -0.2) is 49.4 Å². The third-order valence-corrected chi connectivity index (χ3v) is 8.70. The predicted molar refractivity (Wildman–Crippen MR) is 122 cm³/mol. The van der Waals surface area contributed by atoms with Crippen molar-refractivity contribution in [1.29, 1.82) is 0 Å². The number of hydrogen-bond acceptors (Lipinski definition) is 5. The van der Waals surface area contributed by atoms with Crippen molar-refractivity contribution in [3.05, 3.63) is 58.6 Å². The van der Waals surface area contributed by atoms with E-state index in [1.807, 2.05) is 36.1 Å². The average Bonchev–Trinajstić information content (AvgIpc) is 3.15. The number of hydrogen-bond donors (Lipinski definition) is 0. The number of methoxy groups -OCH3 is 1. The van der Waals surface area contributed by atoms with Crippen LogP contribution in [0.25, 0.3) is 0 Å². The summed E-state index contributed by atoms with van der Waals surface area (Å²) < 4.78 is 29.8. The molecule has 2 aliphatic heterocycles. The van der Waals surface area contributed by atoms with Crippen LogP contribution in [0.3, 0.4) is 0 Å². The summed E-state index contributed by atoms with van der Waals surface area (Å²) >= 11 is 7.57. The highest BCUT2D eigenvalue weighted by Crippen LogP contribution is 2.42. The molecule has 2 fully saturated rings. The van der Waals surface area contributed by atoms with Gasteiger partial charge >= 0.3 is 0 Å². The molecular weight excluding hydrogens is 444 g/mol. The lowest BCUT2D eigenvalue weighted by Crippen LogP contribution is -2.38. The summed E-state index contributed by atoms with van der Waals surface area (Å²) in [5.41, 5.74) is 2.48. The second-order valence-corrected chi connectivity index (χ2v) is 11.2. The zero-order valence-corrected chi connectivity index (χ0v) is 18.9. The standard InChI is InChI=1S/C21H21ClN2O4S2/c1-13-7-8-15(22)10-16(13)24-17-11-30(26,27)12-19(17)29-21(24)23-20(25)9-14-5-3-4-6-18(14)28-2/h3-8,10,17,19H,9,11-12H2,1-2H3/t17-,19-/m1/s1. The highest BCUT2D eigenvalue weighted by molar-refractivity contribution is 8.16. The van der Waals surface area contributed by atoms with E-state index in [2.05, 4.69) is 4.99 Å². The number of ether oxygens (including phenoxy) is 1. The molecule has 6 nitrogen and oxygen atoms in total. The monoisotopic (exact) mass is 464 g/mol. The van der Waals surface area contributed by atoms with Crippen molar-refractivity contribution in [2.75, 3.05) is 23.5 Å². The predicted octanol–water partition coefficient (Wildman–Crippen LogP) is 3.50. The summed E-state index contributed by atoms with van der Waals surface area (Å²) in [4.78, 5) is 19.0. The minimum atomic E-state index is -3.13. The van der Waals surface area contributed by atoms with Gasteiger partial charge in [0.25, 0.3) is 5.91 Å². The lowest BCUT2D eigenvalue weighted by Gasteiger charge is -2.26. The van der Waals surface area contributed by atoms with Gasteiger partial charge in [0.1, 0.15) is 5.75 Å². The van der Waals surface area contributed by atoms with Crippen LogP contribution in [-0.2, 0) is 21.1 Å². The zero-order chi connectivity index (χ0) is 21.5. The van der Waals surface area contributed by atoms with Crippen LogP contribution >= 0.6 is 23.4 Å². The van der Waals surface area contributed by atoms with Gasteiger partial charge in [0, 0.05) is 21.5 Å². The van der Waals surface area contributed by atoms with Crippen molar-refractivity contribution in [3.8, 4) is 5.75 Å². The van der Waals surface area contributed by atoms with Gasteiger partial charge in [-0.2, -0.15) is 4.99 Å². The second kappa shape index (κ2) is 8.24. The van der Waals surface area contributed by atoms with E-state index in [0.717, 1.165) is 16.8 Å². The summed E-state index contributed by atoms with van der Waals surface area (Å²) in [6.07, 6.45) is 0.101. The Morgan fingerprint density at radius 3 is 2.80 bits per heavy atom. The van der Waals surface area contributed by atoms with Gasteiger partial charge in [0.2, 0.25) is 0 Å². The van der Waals surface area contributed by atoms with Crippen LogP contribution in [0.4, 0.5) is 5.69 Å². The smallest absolute Gasteiger partial charge is 0.252 e. The lowest BCUT2D eigenvalue weighted by atomic mass is 10.1. The molecule has 0 bridgehead atoms. The molecule has 2 aromatic rings. The Kier molecular flexibility index (Phi) is 5.83. The molecule has 4 rings (SSSR count). The summed E-state index contributed by atoms with van der Waals surface area (Å²) in [6, 6.07) is 12.5. The molecule has 1 amide bonds. The first kappa shape index (κ1) is 21.2. The van der Waals surface area contributed by atoms with Gasteiger partial charge in [0.05, 0.1) is 31.1 Å². The number of aryl methyl sites for hydroxylation is 1. The Morgan fingerprint density at radius 1 is 1.27 bits per heavy atom. The van der Waals surface area contributed by atoms with Crippen LogP contribution in [0.2, 0.25) is 5.02 Å². The van der Waals surface area contributed by atoms with Crippen molar-refractivity contribution in [2.45, 2.75) is 24.6 Å². The SMILES string of the molecule is COc1ccccc1CC(=O)N=C1S[C@@H]2CS(=O)(=O)C[C@H]2N1c1cc(Cl)ccc1C. The molecule has 0 N–H and O–H groups in total. The van der Waals surface area contributed by atoms with E-state index in [1.54, 1.807) is 25.3 Å². The molecule has 30 heavy (non-hydrogen) atoms. The number of fused-ring (bicyclic) bond motifs is 1. The molecule has 0 spiro atoms. The van der Waals surface area contributed by atoms with E-state index in [4.69, 9.17) is 16.3 Å². The van der Waals surface area contributed by atoms with Gasteiger partial charge in [-0.25, -0.2) is 8.42 Å². The molecule has 0 saturated carbocycles. The first-order valence-corrected chi connectivity index (χ1v) is 12.5. The number of rotatable bonds is 4. The Morgan fingerprint density at radius 2 is 2.03 bits per heavy atom. The molecule has 2 aliphatic rings. The fourth-order valence-corrected chi connectivity index (χ4v) is 7.94. The van der Waals surface area contributed by atoms with E-state index in [1.165, 1.54) is 11.8 Å². The van der Waals surface area contributed by atoms with Crippen LogP contribution < -0.4 is 9.64 Å². The van der Waals surface area contributed by atoms with Crippen molar-refractivity contribution < 1.29 is 17.9 Å². The average molecular weight is 465 g/mol. The van der Waals surface area contributed by atoms with E-state index in [0.29, 0.717) is 15.9 Å². The molecule has 2 saturated heterocycles. The Labute approximate surface area is 185 Å². The topological polar surface area (TPSA) is 76.0 Å². The Balaban J connectivity index is 1.69. The number of nitrogens with zero attached hydrogens (tertiary/aromatic N) is 2. The number of benzene rings is 2. The fourth-order valence-electron chi connectivity index (χ4n) is 3.85. The Hall–Kier alpha value is -2.03. The van der Waals surface area contributed by atoms with E-state index < -0.39 is 9.84 Å². The maximum Gasteiger partial charge on any atom is 0.252 e. The maximum atomic E-state index is 12.8. The number of para-hydroxylation sites is 1. The summed E-state index contributed by atoms with van der Waals surface area (Å²) in [5, 5.41) is 0.904. The molecule has 2 heterocycles. The molecule has 0 aromatic heterocycles. The van der Waals surface area contributed by atoms with Crippen molar-refractivity contribution in [3.63, 3.8) is 0 Å². The molecule has 0 radical (unpaired) electrons. The molecule has 2 atom stereocenters. The first-order valence-electron chi connectivity index (χ1n) is 9.43. The first-order chi connectivity index (χ1) is 14.3. The minimum absolute atomic E-state index is 0.0380. The number of sulfone groups is 1. The number of halogens is 1. The normalized spacial score (nSPS) is 23.6. The van der Waals surface area contributed by atoms with Gasteiger partial charge in [0.15, 0.2) is 15.0 Å². The van der Waals surface area contributed by atoms with Gasteiger partial charge < -0.3 is 9.64 Å². The van der Waals surface area contributed by atoms with E-state index in [9.17, 15) is 13.2 Å². The van der Waals surface area contributed by atoms with Crippen molar-refractivity contribution >= 4 is 50.0 Å². The maximum absolute atomic E-state index is 12.8. The highest BCUT2D eigenvalue weighted by Gasteiger charge is 2.49. The minimum Gasteiger partial charge on any atom is -0.496 e. The van der Waals surface area contributed by atoms with Crippen molar-refractivity contribution in [1.82, 2.24) is 0 Å². The number of amidine groups is 1. The summed E-state index contributed by atoms with van der Waals surface area (Å²) in [5.74, 6) is 0.444. The summed E-state index contributed by atoms with van der Waals surface area (Å²) in [6.45, 7) is 1.93. The third kappa shape index (κ3) is 4.22. The van der Waals surface area contributed by atoms with Gasteiger partial charge in [-0.05, 0) is 30.7 Å². The number of carbonyl (C=O) groups excluding carboxylic acids is 1.